The number of methoxy groups -OCH3 is 2. The fourth-order valence-electron chi connectivity index (χ4n) is 5.03. The number of rotatable bonds is 10. The van der Waals surface area contributed by atoms with Gasteiger partial charge in [0.15, 0.2) is 5.75 Å². The molecule has 0 bridgehead atoms. The molecule has 188 valence electrons. The third-order valence-electron chi connectivity index (χ3n) is 7.21. The summed E-state index contributed by atoms with van der Waals surface area (Å²) in [4.78, 5) is 16.9. The number of fused-ring (bicyclic) bond motifs is 1. The average molecular weight is 480 g/mol. The Hall–Kier alpha value is -3.06. The quantitative estimate of drug-likeness (QED) is 0.400. The van der Waals surface area contributed by atoms with Crippen molar-refractivity contribution in [3.63, 3.8) is 0 Å². The highest BCUT2D eigenvalue weighted by Crippen LogP contribution is 2.37. The zero-order valence-electron chi connectivity index (χ0n) is 21.4. The van der Waals surface area contributed by atoms with Gasteiger partial charge >= 0.3 is 0 Å². The van der Waals surface area contributed by atoms with E-state index in [0.29, 0.717) is 23.0 Å². The molecule has 1 aliphatic heterocycles. The van der Waals surface area contributed by atoms with Crippen molar-refractivity contribution in [2.75, 3.05) is 40.4 Å². The summed E-state index contributed by atoms with van der Waals surface area (Å²) in [5, 5.41) is 5.33. The van der Waals surface area contributed by atoms with Gasteiger partial charge in [-0.05, 0) is 88.4 Å². The molecule has 7 nitrogen and oxygen atoms in total. The van der Waals surface area contributed by atoms with Crippen molar-refractivity contribution in [1.82, 2.24) is 15.0 Å². The van der Waals surface area contributed by atoms with Gasteiger partial charge in [-0.2, -0.15) is 0 Å². The van der Waals surface area contributed by atoms with Crippen LogP contribution in [0.15, 0.2) is 40.9 Å². The monoisotopic (exact) mass is 479 g/mol. The van der Waals surface area contributed by atoms with E-state index in [1.807, 2.05) is 43.0 Å². The van der Waals surface area contributed by atoms with Crippen molar-refractivity contribution in [2.24, 2.45) is 5.92 Å². The maximum Gasteiger partial charge on any atom is 0.253 e. The highest BCUT2D eigenvalue weighted by atomic mass is 16.5. The van der Waals surface area contributed by atoms with E-state index in [1.165, 1.54) is 18.4 Å². The summed E-state index contributed by atoms with van der Waals surface area (Å²) in [5.41, 5.74) is 3.68. The molecule has 1 fully saturated rings. The maximum absolute atomic E-state index is 12.5. The summed E-state index contributed by atoms with van der Waals surface area (Å²) in [6.45, 7) is 8.63. The van der Waals surface area contributed by atoms with Crippen molar-refractivity contribution in [2.45, 2.75) is 46.1 Å². The second kappa shape index (κ2) is 11.6. The van der Waals surface area contributed by atoms with Gasteiger partial charge in [0.25, 0.3) is 5.91 Å². The third-order valence-corrected chi connectivity index (χ3v) is 7.21. The first kappa shape index (κ1) is 25.0. The Kier molecular flexibility index (Phi) is 8.29. The van der Waals surface area contributed by atoms with Crippen LogP contribution in [-0.4, -0.2) is 61.3 Å². The molecular formula is C28H37N3O4. The van der Waals surface area contributed by atoms with Crippen molar-refractivity contribution in [3.05, 3.63) is 53.2 Å². The first-order valence-electron chi connectivity index (χ1n) is 12.7. The number of aryl methyl sites for hydroxylation is 1. The molecule has 0 radical (unpaired) electrons. The molecule has 0 unspecified atom stereocenters. The third kappa shape index (κ3) is 5.61. The van der Waals surface area contributed by atoms with Gasteiger partial charge in [0.1, 0.15) is 0 Å². The zero-order chi connectivity index (χ0) is 24.8. The van der Waals surface area contributed by atoms with Gasteiger partial charge in [0.05, 0.1) is 19.9 Å². The lowest BCUT2D eigenvalue weighted by Gasteiger charge is -2.32. The van der Waals surface area contributed by atoms with E-state index in [-0.39, 0.29) is 5.91 Å². The number of likely N-dealkylation sites (tertiary alicyclic amines) is 1. The van der Waals surface area contributed by atoms with Crippen LogP contribution >= 0.6 is 0 Å². The average Bonchev–Trinajstić information content (AvgIpc) is 3.31. The van der Waals surface area contributed by atoms with Crippen LogP contribution in [0.2, 0.25) is 0 Å². The van der Waals surface area contributed by atoms with E-state index in [2.05, 4.69) is 22.2 Å². The Balaban J connectivity index is 1.27. The predicted molar refractivity (Wildman–Crippen MR) is 137 cm³/mol. The van der Waals surface area contributed by atoms with E-state index in [1.54, 1.807) is 14.2 Å². The summed E-state index contributed by atoms with van der Waals surface area (Å²) >= 11 is 0. The van der Waals surface area contributed by atoms with Gasteiger partial charge in [-0.1, -0.05) is 17.3 Å². The van der Waals surface area contributed by atoms with Crippen LogP contribution < -0.4 is 9.47 Å². The van der Waals surface area contributed by atoms with Gasteiger partial charge in [0.2, 0.25) is 11.3 Å². The summed E-state index contributed by atoms with van der Waals surface area (Å²) in [5.74, 6) is 2.05. The lowest BCUT2D eigenvalue weighted by Crippen LogP contribution is -2.33. The Bertz CT molecular complexity index is 1110. The summed E-state index contributed by atoms with van der Waals surface area (Å²) < 4.78 is 16.4. The summed E-state index contributed by atoms with van der Waals surface area (Å²) in [7, 11) is 3.24. The first-order valence-corrected chi connectivity index (χ1v) is 12.7. The van der Waals surface area contributed by atoms with Crippen LogP contribution in [0.4, 0.5) is 0 Å². The molecule has 0 atom stereocenters. The molecule has 0 spiro atoms. The second-order valence-electron chi connectivity index (χ2n) is 9.24. The van der Waals surface area contributed by atoms with E-state index < -0.39 is 0 Å². The molecule has 1 aromatic heterocycles. The molecule has 4 rings (SSSR count). The topological polar surface area (TPSA) is 68.0 Å². The van der Waals surface area contributed by atoms with Gasteiger partial charge in [-0.3, -0.25) is 9.69 Å². The lowest BCUT2D eigenvalue weighted by molar-refractivity contribution is 0.0773. The number of hydrogen-bond donors (Lipinski definition) is 0. The largest absolute Gasteiger partial charge is 0.493 e. The molecule has 7 heteroatoms. The van der Waals surface area contributed by atoms with Gasteiger partial charge in [-0.25, -0.2) is 0 Å². The van der Waals surface area contributed by atoms with Crippen LogP contribution in [0, 0.1) is 5.92 Å². The zero-order valence-corrected chi connectivity index (χ0v) is 21.4. The molecule has 0 saturated carbocycles. The first-order chi connectivity index (χ1) is 17.1. The van der Waals surface area contributed by atoms with Crippen molar-refractivity contribution >= 4 is 16.9 Å². The Morgan fingerprint density at radius 1 is 1.06 bits per heavy atom. The fourth-order valence-corrected chi connectivity index (χ4v) is 5.03. The number of benzene rings is 2. The molecule has 0 aliphatic carbocycles. The smallest absolute Gasteiger partial charge is 0.253 e. The van der Waals surface area contributed by atoms with E-state index >= 15 is 0 Å². The SMILES string of the molecule is CCN(CC)C(=O)c1ccc(CN2CCC(CCc3noc4c(OC)c(OC)ccc34)CC2)cc1. The van der Waals surface area contributed by atoms with Crippen molar-refractivity contribution in [3.8, 4) is 11.5 Å². The summed E-state index contributed by atoms with van der Waals surface area (Å²) in [6.07, 6.45) is 4.37. The number of aromatic nitrogens is 1. The second-order valence-corrected chi connectivity index (χ2v) is 9.24. The Morgan fingerprint density at radius 2 is 1.77 bits per heavy atom. The highest BCUT2D eigenvalue weighted by Gasteiger charge is 2.22. The molecule has 1 amide bonds. The standard InChI is InChI=1S/C28H37N3O4/c1-5-31(6-2)28(32)22-10-7-21(8-11-22)19-30-17-15-20(16-18-30)9-13-24-23-12-14-25(33-3)27(34-4)26(23)35-29-24/h7-8,10-12,14,20H,5-6,9,13,15-19H2,1-4H3. The van der Waals surface area contributed by atoms with Gasteiger partial charge in [0, 0.05) is 30.6 Å². The van der Waals surface area contributed by atoms with Crippen molar-refractivity contribution in [1.29, 1.82) is 0 Å². The predicted octanol–water partition coefficient (Wildman–Crippen LogP) is 5.17. The minimum atomic E-state index is 0.111. The summed E-state index contributed by atoms with van der Waals surface area (Å²) in [6, 6.07) is 12.0. The van der Waals surface area contributed by atoms with Crippen LogP contribution in [0.3, 0.4) is 0 Å². The number of piperidine rings is 1. The van der Waals surface area contributed by atoms with Crippen LogP contribution in [0.5, 0.6) is 11.5 Å². The van der Waals surface area contributed by atoms with Crippen LogP contribution in [0.1, 0.15) is 54.7 Å². The van der Waals surface area contributed by atoms with Gasteiger partial charge in [-0.15, -0.1) is 0 Å². The Labute approximate surface area is 208 Å². The molecule has 2 aromatic carbocycles. The Morgan fingerprint density at radius 3 is 2.40 bits per heavy atom. The number of carbonyl (C=O) groups is 1. The van der Waals surface area contributed by atoms with E-state index in [4.69, 9.17) is 14.0 Å². The number of hydrogen-bond acceptors (Lipinski definition) is 6. The van der Waals surface area contributed by atoms with Crippen LogP contribution in [0.25, 0.3) is 11.0 Å². The molecule has 1 saturated heterocycles. The van der Waals surface area contributed by atoms with Crippen LogP contribution in [-0.2, 0) is 13.0 Å². The fraction of sp³-hybridized carbons (Fsp3) is 0.500. The number of carbonyl (C=O) groups excluding carboxylic acids is 1. The molecule has 2 heterocycles. The molecule has 0 N–H and O–H groups in total. The minimum absolute atomic E-state index is 0.111. The normalized spacial score (nSPS) is 14.9. The van der Waals surface area contributed by atoms with E-state index in [9.17, 15) is 4.79 Å². The van der Waals surface area contributed by atoms with Gasteiger partial charge < -0.3 is 18.9 Å². The number of amides is 1. The molecule has 35 heavy (non-hydrogen) atoms. The van der Waals surface area contributed by atoms with E-state index in [0.717, 1.165) is 62.2 Å². The number of ether oxygens (including phenoxy) is 2. The highest BCUT2D eigenvalue weighted by molar-refractivity contribution is 5.94. The molecule has 3 aromatic rings. The molecule has 1 aliphatic rings. The minimum Gasteiger partial charge on any atom is -0.493 e. The molecular weight excluding hydrogens is 442 g/mol. The van der Waals surface area contributed by atoms with Crippen molar-refractivity contribution < 1.29 is 18.8 Å². The number of nitrogens with zero attached hydrogens (tertiary/aromatic N) is 3. The maximum atomic E-state index is 12.5. The lowest BCUT2D eigenvalue weighted by atomic mass is 9.91.